The van der Waals surface area contributed by atoms with Crippen LogP contribution in [0.2, 0.25) is 0 Å². The molecule has 0 spiro atoms. The predicted octanol–water partition coefficient (Wildman–Crippen LogP) is 5.38. The van der Waals surface area contributed by atoms with Gasteiger partial charge in [-0.3, -0.25) is 0 Å². The first kappa shape index (κ1) is 18.9. The van der Waals surface area contributed by atoms with Gasteiger partial charge in [-0.05, 0) is 18.8 Å². The molecule has 84 valence electrons. The minimum atomic E-state index is 0.780. The van der Waals surface area contributed by atoms with E-state index in [-0.39, 0.29) is 0 Å². The fraction of sp³-hybridized carbons (Fsp3) is 0.571. The molecule has 0 saturated carbocycles. The van der Waals surface area contributed by atoms with Crippen LogP contribution in [0.5, 0.6) is 0 Å². The lowest BCUT2D eigenvalue weighted by molar-refractivity contribution is 0.664. The van der Waals surface area contributed by atoms with E-state index in [1.54, 1.807) is 0 Å². The molecule has 0 aliphatic heterocycles. The molecule has 0 unspecified atom stereocenters. The summed E-state index contributed by atoms with van der Waals surface area (Å²) in [7, 11) is 0. The molecule has 0 aliphatic carbocycles. The Hall–Kier alpha value is -0.780. The Morgan fingerprint density at radius 3 is 1.64 bits per heavy atom. The predicted molar refractivity (Wildman–Crippen MR) is 70.6 cm³/mol. The molecule has 0 atom stereocenters. The Morgan fingerprint density at radius 2 is 1.57 bits per heavy atom. The highest BCUT2D eigenvalue weighted by Crippen LogP contribution is 1.96. The zero-order valence-corrected chi connectivity index (χ0v) is 10.4. The van der Waals surface area contributed by atoms with E-state index < -0.39 is 0 Å². The van der Waals surface area contributed by atoms with Gasteiger partial charge in [-0.25, -0.2) is 0 Å². The number of hydrogen-bond acceptors (Lipinski definition) is 0. The molecule has 0 aromatic carbocycles. The van der Waals surface area contributed by atoms with Crippen LogP contribution in [0.15, 0.2) is 38.5 Å². The summed E-state index contributed by atoms with van der Waals surface area (Å²) in [6.07, 6.45) is 8.81. The van der Waals surface area contributed by atoms with Crippen molar-refractivity contribution in [2.24, 2.45) is 5.92 Å². The van der Waals surface area contributed by atoms with Crippen molar-refractivity contribution in [1.82, 2.24) is 0 Å². The fourth-order valence-electron chi connectivity index (χ4n) is 0.682. The molecule has 0 aromatic rings. The van der Waals surface area contributed by atoms with Gasteiger partial charge in [0, 0.05) is 0 Å². The highest BCUT2D eigenvalue weighted by molar-refractivity contribution is 4.67. The maximum atomic E-state index is 3.60. The molecule has 0 amide bonds. The van der Waals surface area contributed by atoms with Crippen LogP contribution in [0.3, 0.4) is 0 Å². The lowest BCUT2D eigenvalue weighted by atomic mass is 10.1. The summed E-state index contributed by atoms with van der Waals surface area (Å²) < 4.78 is 0. The van der Waals surface area contributed by atoms with Gasteiger partial charge in [0.2, 0.25) is 0 Å². The monoisotopic (exact) mass is 196 g/mol. The van der Waals surface area contributed by atoms with Gasteiger partial charge in [-0.2, -0.15) is 0 Å². The van der Waals surface area contributed by atoms with Crippen molar-refractivity contribution in [3.8, 4) is 0 Å². The number of rotatable bonds is 5. The fourth-order valence-corrected chi connectivity index (χ4v) is 0.682. The molecule has 0 aliphatic rings. The van der Waals surface area contributed by atoms with Crippen LogP contribution in [0, 0.1) is 5.92 Å². The topological polar surface area (TPSA) is 0 Å². The van der Waals surface area contributed by atoms with Crippen LogP contribution in [-0.2, 0) is 0 Å². The second-order valence-corrected chi connectivity index (χ2v) is 3.35. The number of unbranched alkanes of at least 4 members (excludes halogenated alkanes) is 2. The standard InChI is InChI=1S/2C6H12.C2H4/c1-4-5-6(2)3;1-3-5-6-4-2;1-2/h4,6H,1,5H2,2-3H3;3H,1,4-6H2,2H3;1-2H2. The van der Waals surface area contributed by atoms with E-state index in [4.69, 9.17) is 0 Å². The minimum absolute atomic E-state index is 0.780. The molecule has 0 rings (SSSR count). The van der Waals surface area contributed by atoms with E-state index in [1.807, 2.05) is 12.2 Å². The van der Waals surface area contributed by atoms with Crippen molar-refractivity contribution in [2.75, 3.05) is 0 Å². The van der Waals surface area contributed by atoms with E-state index in [0.717, 1.165) is 12.3 Å². The van der Waals surface area contributed by atoms with E-state index in [1.165, 1.54) is 19.3 Å². The van der Waals surface area contributed by atoms with Crippen LogP contribution in [0.4, 0.5) is 0 Å². The summed E-state index contributed by atoms with van der Waals surface area (Å²) in [5, 5.41) is 0. The van der Waals surface area contributed by atoms with Gasteiger partial charge in [0.25, 0.3) is 0 Å². The minimum Gasteiger partial charge on any atom is -0.106 e. The molecule has 0 fully saturated rings. The van der Waals surface area contributed by atoms with Crippen LogP contribution < -0.4 is 0 Å². The van der Waals surface area contributed by atoms with Gasteiger partial charge >= 0.3 is 0 Å². The van der Waals surface area contributed by atoms with Gasteiger partial charge < -0.3 is 0 Å². The molecule has 0 bridgehead atoms. The maximum absolute atomic E-state index is 3.60. The van der Waals surface area contributed by atoms with Crippen molar-refractivity contribution in [2.45, 2.75) is 46.5 Å². The summed E-state index contributed by atoms with van der Waals surface area (Å²) in [6, 6.07) is 0. The maximum Gasteiger partial charge on any atom is -0.0330 e. The molecule has 0 heteroatoms. The van der Waals surface area contributed by atoms with Gasteiger partial charge in [0.05, 0.1) is 0 Å². The third-order valence-corrected chi connectivity index (χ3v) is 1.40. The van der Waals surface area contributed by atoms with Gasteiger partial charge in [-0.1, -0.05) is 45.8 Å². The van der Waals surface area contributed by atoms with Crippen LogP contribution in [0.25, 0.3) is 0 Å². The Balaban J connectivity index is -0.000000147. The average Bonchev–Trinajstić information content (AvgIpc) is 2.18. The zero-order chi connectivity index (χ0) is 11.8. The van der Waals surface area contributed by atoms with Crippen molar-refractivity contribution < 1.29 is 0 Å². The highest BCUT2D eigenvalue weighted by Gasteiger charge is 1.82. The number of hydrogen-bond donors (Lipinski definition) is 0. The average molecular weight is 196 g/mol. The molecule has 0 saturated heterocycles. The summed E-state index contributed by atoms with van der Waals surface area (Å²) in [5.41, 5.74) is 0. The summed E-state index contributed by atoms with van der Waals surface area (Å²) >= 11 is 0. The molecule has 0 radical (unpaired) electrons. The first-order valence-electron chi connectivity index (χ1n) is 5.40. The van der Waals surface area contributed by atoms with Gasteiger partial charge in [0.15, 0.2) is 0 Å². The van der Waals surface area contributed by atoms with E-state index >= 15 is 0 Å². The zero-order valence-electron chi connectivity index (χ0n) is 10.4. The first-order chi connectivity index (χ1) is 6.68. The summed E-state index contributed by atoms with van der Waals surface area (Å²) in [6.45, 7) is 19.7. The van der Waals surface area contributed by atoms with E-state index in [0.29, 0.717) is 0 Å². The Morgan fingerprint density at radius 1 is 1.07 bits per heavy atom. The Labute approximate surface area is 91.4 Å². The lowest BCUT2D eigenvalue weighted by Gasteiger charge is -1.92. The van der Waals surface area contributed by atoms with Crippen LogP contribution in [-0.4, -0.2) is 0 Å². The smallest absolute Gasteiger partial charge is 0.0330 e. The van der Waals surface area contributed by atoms with Crippen LogP contribution >= 0.6 is 0 Å². The summed E-state index contributed by atoms with van der Waals surface area (Å²) in [4.78, 5) is 0. The lowest BCUT2D eigenvalue weighted by Crippen LogP contribution is -1.78. The first-order valence-corrected chi connectivity index (χ1v) is 5.40. The SMILES string of the molecule is C=C.C=CCC(C)C.C=CCCCC. The summed E-state index contributed by atoms with van der Waals surface area (Å²) in [5.74, 6) is 0.780. The van der Waals surface area contributed by atoms with E-state index in [2.05, 4.69) is 47.1 Å². The van der Waals surface area contributed by atoms with Gasteiger partial charge in [-0.15, -0.1) is 26.3 Å². The van der Waals surface area contributed by atoms with Crippen molar-refractivity contribution in [3.05, 3.63) is 38.5 Å². The molecule has 14 heavy (non-hydrogen) atoms. The van der Waals surface area contributed by atoms with Crippen molar-refractivity contribution in [3.63, 3.8) is 0 Å². The second-order valence-electron chi connectivity index (χ2n) is 3.35. The highest BCUT2D eigenvalue weighted by atomic mass is 13.9. The van der Waals surface area contributed by atoms with Crippen LogP contribution in [0.1, 0.15) is 46.5 Å². The molecule has 0 aromatic heterocycles. The van der Waals surface area contributed by atoms with Gasteiger partial charge in [0.1, 0.15) is 0 Å². The number of allylic oxidation sites excluding steroid dienone is 2. The van der Waals surface area contributed by atoms with E-state index in [9.17, 15) is 0 Å². The molecule has 0 nitrogen and oxygen atoms in total. The Kier molecular flexibility index (Phi) is 30.7. The third kappa shape index (κ3) is 43.0. The molecular formula is C14H28. The normalized spacial score (nSPS) is 7.71. The quantitative estimate of drug-likeness (QED) is 0.409. The third-order valence-electron chi connectivity index (χ3n) is 1.40. The molecular weight excluding hydrogens is 168 g/mol. The Bertz CT molecular complexity index is 101. The largest absolute Gasteiger partial charge is 0.106 e. The van der Waals surface area contributed by atoms with Crippen molar-refractivity contribution >= 4 is 0 Å². The van der Waals surface area contributed by atoms with Crippen molar-refractivity contribution in [1.29, 1.82) is 0 Å². The molecule has 0 N–H and O–H groups in total. The second kappa shape index (κ2) is 22.8. The molecule has 0 heterocycles.